The summed E-state index contributed by atoms with van der Waals surface area (Å²) < 4.78 is 25.6. The molecule has 10 heteroatoms. The van der Waals surface area contributed by atoms with Crippen LogP contribution in [0.25, 0.3) is 0 Å². The average molecular weight is 457 g/mol. The lowest BCUT2D eigenvalue weighted by Gasteiger charge is -2.16. The van der Waals surface area contributed by atoms with Gasteiger partial charge in [0.25, 0.3) is 5.56 Å². The number of carbonyl (C=O) groups is 1. The van der Waals surface area contributed by atoms with E-state index in [1.54, 1.807) is 19.1 Å². The molecule has 9 nitrogen and oxygen atoms in total. The zero-order valence-electron chi connectivity index (χ0n) is 17.7. The predicted molar refractivity (Wildman–Crippen MR) is 123 cm³/mol. The highest BCUT2D eigenvalue weighted by Crippen LogP contribution is 2.16. The number of aromatic nitrogens is 2. The van der Waals surface area contributed by atoms with Crippen LogP contribution in [-0.4, -0.2) is 36.1 Å². The molecule has 3 rings (SSSR count). The molecule has 32 heavy (non-hydrogen) atoms. The second-order valence-corrected chi connectivity index (χ2v) is 9.26. The Hall–Kier alpha value is -3.66. The summed E-state index contributed by atoms with van der Waals surface area (Å²) in [6.45, 7) is 1.52. The number of rotatable bonds is 8. The molecule has 0 aliphatic carbocycles. The zero-order chi connectivity index (χ0) is 23.5. The number of nitrogens with two attached hydrogens (primary N) is 1. The Kier molecular flexibility index (Phi) is 6.64. The van der Waals surface area contributed by atoms with E-state index in [-0.39, 0.29) is 35.9 Å². The average Bonchev–Trinajstić information content (AvgIpc) is 2.76. The number of nitrogens with zero attached hydrogens (tertiary/aromatic N) is 2. The van der Waals surface area contributed by atoms with Gasteiger partial charge in [0, 0.05) is 18.5 Å². The Morgan fingerprint density at radius 2 is 1.72 bits per heavy atom. The van der Waals surface area contributed by atoms with E-state index >= 15 is 0 Å². The van der Waals surface area contributed by atoms with Crippen molar-refractivity contribution in [1.82, 2.24) is 9.13 Å². The van der Waals surface area contributed by atoms with Gasteiger partial charge in [-0.05, 0) is 30.7 Å². The first kappa shape index (κ1) is 23.0. The highest BCUT2D eigenvalue weighted by molar-refractivity contribution is 7.90. The number of Topliss-reactive ketones (excluding diaryl/α,β-unsaturated/α-hetero) is 1. The number of nitrogen functional groups attached to an aromatic ring is 1. The van der Waals surface area contributed by atoms with Crippen LogP contribution in [0.3, 0.4) is 0 Å². The van der Waals surface area contributed by atoms with Crippen LogP contribution in [-0.2, 0) is 22.9 Å². The van der Waals surface area contributed by atoms with Crippen molar-refractivity contribution in [3.05, 3.63) is 86.6 Å². The molecule has 0 bridgehead atoms. The molecule has 3 aromatic rings. The van der Waals surface area contributed by atoms with Crippen molar-refractivity contribution in [3.63, 3.8) is 0 Å². The molecule has 0 spiro atoms. The van der Waals surface area contributed by atoms with Crippen molar-refractivity contribution < 1.29 is 13.2 Å². The second kappa shape index (κ2) is 9.23. The van der Waals surface area contributed by atoms with Crippen molar-refractivity contribution in [1.29, 1.82) is 0 Å². The predicted octanol–water partition coefficient (Wildman–Crippen LogP) is 1.36. The molecule has 1 heterocycles. The highest BCUT2D eigenvalue weighted by atomic mass is 32.2. The molecule has 0 aliphatic rings. The van der Waals surface area contributed by atoms with Gasteiger partial charge in [-0.25, -0.2) is 13.2 Å². The maximum Gasteiger partial charge on any atom is 0.332 e. The topological polar surface area (TPSA) is 133 Å². The maximum atomic E-state index is 12.9. The van der Waals surface area contributed by atoms with E-state index in [4.69, 9.17) is 5.73 Å². The molecular formula is C22H24N4O5S. The molecule has 0 saturated carbocycles. The van der Waals surface area contributed by atoms with Crippen molar-refractivity contribution in [2.24, 2.45) is 0 Å². The van der Waals surface area contributed by atoms with Gasteiger partial charge in [-0.1, -0.05) is 36.4 Å². The van der Waals surface area contributed by atoms with E-state index in [0.29, 0.717) is 5.69 Å². The van der Waals surface area contributed by atoms with Crippen molar-refractivity contribution in [3.8, 4) is 0 Å². The van der Waals surface area contributed by atoms with E-state index in [0.717, 1.165) is 16.4 Å². The third kappa shape index (κ3) is 4.80. The number of hydrogen-bond donors (Lipinski definition) is 2. The largest absolute Gasteiger partial charge is 0.384 e. The van der Waals surface area contributed by atoms with Gasteiger partial charge in [0.05, 0.1) is 18.0 Å². The van der Waals surface area contributed by atoms with Crippen LogP contribution in [0.4, 0.5) is 11.5 Å². The molecule has 0 aliphatic heterocycles. The molecule has 0 fully saturated rings. The summed E-state index contributed by atoms with van der Waals surface area (Å²) in [4.78, 5) is 38.7. The lowest BCUT2D eigenvalue weighted by molar-refractivity contribution is 0.100. The number of carbonyl (C=O) groups excluding carboxylic acids is 1. The molecule has 3 N–H and O–H groups in total. The molecule has 1 aromatic heterocycles. The molecule has 0 unspecified atom stereocenters. The van der Waals surface area contributed by atoms with E-state index in [9.17, 15) is 22.8 Å². The van der Waals surface area contributed by atoms with Crippen LogP contribution in [0.1, 0.15) is 22.8 Å². The Bertz CT molecular complexity index is 1380. The van der Waals surface area contributed by atoms with Gasteiger partial charge in [-0.2, -0.15) is 0 Å². The maximum absolute atomic E-state index is 12.9. The minimum Gasteiger partial charge on any atom is -0.384 e. The number of anilines is 2. The quantitative estimate of drug-likeness (QED) is 0.489. The first-order valence-corrected chi connectivity index (χ1v) is 11.8. The van der Waals surface area contributed by atoms with Gasteiger partial charge in [-0.15, -0.1) is 0 Å². The normalized spacial score (nSPS) is 11.3. The van der Waals surface area contributed by atoms with Crippen molar-refractivity contribution >= 4 is 27.1 Å². The van der Waals surface area contributed by atoms with Crippen LogP contribution >= 0.6 is 0 Å². The Morgan fingerprint density at radius 1 is 1.03 bits per heavy atom. The van der Waals surface area contributed by atoms with Gasteiger partial charge in [0.1, 0.15) is 11.4 Å². The highest BCUT2D eigenvalue weighted by Gasteiger charge is 2.22. The Labute approximate surface area is 185 Å². The van der Waals surface area contributed by atoms with E-state index in [1.807, 2.05) is 30.3 Å². The van der Waals surface area contributed by atoms with Gasteiger partial charge in [0.15, 0.2) is 15.6 Å². The van der Waals surface area contributed by atoms with Crippen molar-refractivity contribution in [2.75, 3.05) is 23.9 Å². The molecule has 0 atom stereocenters. The molecule has 2 aromatic carbocycles. The molecule has 168 valence electrons. The lowest BCUT2D eigenvalue weighted by Crippen LogP contribution is -2.44. The molecule has 0 amide bonds. The SMILES string of the molecule is CCn1c(=O)c(C(=O)CNc2cccc(S(C)(=O)=O)c2)c(N)n(Cc2ccccc2)c1=O. The molecule has 0 radical (unpaired) electrons. The van der Waals surface area contributed by atoms with Crippen LogP contribution in [0.5, 0.6) is 0 Å². The second-order valence-electron chi connectivity index (χ2n) is 7.24. The van der Waals surface area contributed by atoms with Crippen LogP contribution in [0.15, 0.2) is 69.1 Å². The summed E-state index contributed by atoms with van der Waals surface area (Å²) in [6, 6.07) is 15.1. The monoisotopic (exact) mass is 456 g/mol. The Balaban J connectivity index is 1.96. The summed E-state index contributed by atoms with van der Waals surface area (Å²) >= 11 is 0. The Morgan fingerprint density at radius 3 is 2.34 bits per heavy atom. The lowest BCUT2D eigenvalue weighted by atomic mass is 10.1. The standard InChI is InChI=1S/C22H24N4O5S/c1-3-25-21(28)19(20(23)26(22(25)29)14-15-8-5-4-6-9-15)18(27)13-24-16-10-7-11-17(12-16)32(2,30)31/h4-12,24H,3,13-14,23H2,1-2H3. The van der Waals surface area contributed by atoms with Gasteiger partial charge < -0.3 is 11.1 Å². The fourth-order valence-corrected chi connectivity index (χ4v) is 3.95. The fourth-order valence-electron chi connectivity index (χ4n) is 3.28. The van der Waals surface area contributed by atoms with Gasteiger partial charge in [-0.3, -0.25) is 18.7 Å². The molecular weight excluding hydrogens is 432 g/mol. The summed E-state index contributed by atoms with van der Waals surface area (Å²) in [5.41, 5.74) is 5.68. The van der Waals surface area contributed by atoms with Crippen LogP contribution < -0.4 is 22.3 Å². The van der Waals surface area contributed by atoms with Crippen LogP contribution in [0.2, 0.25) is 0 Å². The van der Waals surface area contributed by atoms with Gasteiger partial charge >= 0.3 is 5.69 Å². The number of sulfone groups is 1. The minimum atomic E-state index is -3.41. The smallest absolute Gasteiger partial charge is 0.332 e. The van der Waals surface area contributed by atoms with E-state index < -0.39 is 26.9 Å². The third-order valence-electron chi connectivity index (χ3n) is 4.96. The van der Waals surface area contributed by atoms with Gasteiger partial charge in [0.2, 0.25) is 0 Å². The van der Waals surface area contributed by atoms with E-state index in [2.05, 4.69) is 5.32 Å². The minimum absolute atomic E-state index is 0.0802. The molecule has 0 saturated heterocycles. The number of benzene rings is 2. The zero-order valence-corrected chi connectivity index (χ0v) is 18.6. The van der Waals surface area contributed by atoms with Crippen molar-refractivity contribution in [2.45, 2.75) is 24.9 Å². The van der Waals surface area contributed by atoms with E-state index in [1.165, 1.54) is 16.7 Å². The summed E-state index contributed by atoms with van der Waals surface area (Å²) in [7, 11) is -3.41. The number of hydrogen-bond acceptors (Lipinski definition) is 7. The summed E-state index contributed by atoms with van der Waals surface area (Å²) in [5, 5.41) is 2.83. The first-order chi connectivity index (χ1) is 15.1. The summed E-state index contributed by atoms with van der Waals surface area (Å²) in [5.74, 6) is -0.813. The summed E-state index contributed by atoms with van der Waals surface area (Å²) in [6.07, 6.45) is 1.08. The first-order valence-electron chi connectivity index (χ1n) is 9.87. The fraction of sp³-hybridized carbons (Fsp3) is 0.227. The number of ketones is 1. The third-order valence-corrected chi connectivity index (χ3v) is 6.07. The van der Waals surface area contributed by atoms with Crippen LogP contribution in [0, 0.1) is 0 Å². The number of nitrogens with one attached hydrogen (secondary N) is 1.